The fourth-order valence-corrected chi connectivity index (χ4v) is 4.17. The van der Waals surface area contributed by atoms with Gasteiger partial charge in [0.2, 0.25) is 0 Å². The van der Waals surface area contributed by atoms with Crippen molar-refractivity contribution in [2.24, 2.45) is 4.99 Å². The Morgan fingerprint density at radius 3 is 2.61 bits per heavy atom. The van der Waals surface area contributed by atoms with Gasteiger partial charge in [0.25, 0.3) is 0 Å². The SMILES string of the molecule is CN=C(NCc1cccc(Cn2cccn2)c1)NCc1cccc(OC)c1OC1CCCC1. The summed E-state index contributed by atoms with van der Waals surface area (Å²) in [5.74, 6) is 2.35. The van der Waals surface area contributed by atoms with Gasteiger partial charge in [0, 0.05) is 38.1 Å². The van der Waals surface area contributed by atoms with Crippen molar-refractivity contribution in [2.45, 2.75) is 51.4 Å². The summed E-state index contributed by atoms with van der Waals surface area (Å²) in [5, 5.41) is 11.1. The molecule has 2 N–H and O–H groups in total. The van der Waals surface area contributed by atoms with Gasteiger partial charge in [-0.2, -0.15) is 5.10 Å². The monoisotopic (exact) mass is 447 g/mol. The van der Waals surface area contributed by atoms with Crippen molar-refractivity contribution >= 4 is 5.96 Å². The van der Waals surface area contributed by atoms with Gasteiger partial charge in [-0.25, -0.2) is 0 Å². The predicted octanol–water partition coefficient (Wildman–Crippen LogP) is 4.13. The van der Waals surface area contributed by atoms with Gasteiger partial charge in [-0.3, -0.25) is 9.67 Å². The third-order valence-electron chi connectivity index (χ3n) is 5.89. The summed E-state index contributed by atoms with van der Waals surface area (Å²) < 4.78 is 13.8. The minimum Gasteiger partial charge on any atom is -0.493 e. The van der Waals surface area contributed by atoms with E-state index in [1.54, 1.807) is 20.4 Å². The van der Waals surface area contributed by atoms with Crippen molar-refractivity contribution in [3.8, 4) is 11.5 Å². The Labute approximate surface area is 195 Å². The molecule has 0 unspecified atom stereocenters. The second kappa shape index (κ2) is 11.4. The third kappa shape index (κ3) is 6.28. The molecule has 4 rings (SSSR count). The van der Waals surface area contributed by atoms with Crippen molar-refractivity contribution in [3.63, 3.8) is 0 Å². The predicted molar refractivity (Wildman–Crippen MR) is 131 cm³/mol. The number of guanidine groups is 1. The molecule has 7 heteroatoms. The molecular weight excluding hydrogens is 414 g/mol. The van der Waals surface area contributed by atoms with Gasteiger partial charge in [-0.1, -0.05) is 36.4 Å². The molecule has 33 heavy (non-hydrogen) atoms. The number of methoxy groups -OCH3 is 1. The average molecular weight is 448 g/mol. The average Bonchev–Trinajstić information content (AvgIpc) is 3.55. The summed E-state index contributed by atoms with van der Waals surface area (Å²) in [5.41, 5.74) is 3.46. The standard InChI is InChI=1S/C26H33N5O2/c1-27-26(28-17-20-8-5-9-21(16-20)19-31-15-7-14-30-31)29-18-22-10-6-13-24(32-2)25(22)33-23-11-3-4-12-23/h5-10,13-16,23H,3-4,11-12,17-19H2,1-2H3,(H2,27,28,29). The molecule has 0 spiro atoms. The molecule has 1 heterocycles. The number of nitrogens with one attached hydrogen (secondary N) is 2. The van der Waals surface area contributed by atoms with Crippen LogP contribution in [0.3, 0.4) is 0 Å². The highest BCUT2D eigenvalue weighted by Crippen LogP contribution is 2.34. The van der Waals surface area contributed by atoms with Crippen molar-refractivity contribution < 1.29 is 9.47 Å². The first-order valence-electron chi connectivity index (χ1n) is 11.6. The molecule has 0 radical (unpaired) electrons. The largest absolute Gasteiger partial charge is 0.493 e. The van der Waals surface area contributed by atoms with Gasteiger partial charge < -0.3 is 20.1 Å². The summed E-state index contributed by atoms with van der Waals surface area (Å²) in [6.07, 6.45) is 8.71. The number of ether oxygens (including phenoxy) is 2. The second-order valence-electron chi connectivity index (χ2n) is 8.28. The maximum Gasteiger partial charge on any atom is 0.191 e. The molecule has 1 saturated carbocycles. The van der Waals surface area contributed by atoms with Gasteiger partial charge in [0.15, 0.2) is 17.5 Å². The topological polar surface area (TPSA) is 72.7 Å². The molecule has 1 aliphatic carbocycles. The van der Waals surface area contributed by atoms with Gasteiger partial charge in [0.05, 0.1) is 19.8 Å². The maximum absolute atomic E-state index is 6.35. The number of nitrogens with zero attached hydrogens (tertiary/aromatic N) is 3. The van der Waals surface area contributed by atoms with Crippen LogP contribution >= 0.6 is 0 Å². The van der Waals surface area contributed by atoms with Gasteiger partial charge >= 0.3 is 0 Å². The lowest BCUT2D eigenvalue weighted by Gasteiger charge is -2.20. The highest BCUT2D eigenvalue weighted by atomic mass is 16.5. The lowest BCUT2D eigenvalue weighted by molar-refractivity contribution is 0.198. The third-order valence-corrected chi connectivity index (χ3v) is 5.89. The van der Waals surface area contributed by atoms with E-state index in [4.69, 9.17) is 9.47 Å². The van der Waals surface area contributed by atoms with Crippen LogP contribution in [0.15, 0.2) is 65.9 Å². The number of aromatic nitrogens is 2. The van der Waals surface area contributed by atoms with Crippen LogP contribution in [0.25, 0.3) is 0 Å². The van der Waals surface area contributed by atoms with Gasteiger partial charge in [0.1, 0.15) is 0 Å². The van der Waals surface area contributed by atoms with E-state index in [2.05, 4.69) is 51.1 Å². The van der Waals surface area contributed by atoms with Crippen LogP contribution in [0.4, 0.5) is 0 Å². The van der Waals surface area contributed by atoms with E-state index in [0.717, 1.165) is 42.4 Å². The Morgan fingerprint density at radius 2 is 1.85 bits per heavy atom. The second-order valence-corrected chi connectivity index (χ2v) is 8.28. The maximum atomic E-state index is 6.35. The molecule has 0 atom stereocenters. The molecule has 174 valence electrons. The van der Waals surface area contributed by atoms with Crippen LogP contribution in [0.5, 0.6) is 11.5 Å². The van der Waals surface area contributed by atoms with E-state index in [1.807, 2.05) is 29.1 Å². The Balaban J connectivity index is 1.35. The smallest absolute Gasteiger partial charge is 0.191 e. The Bertz CT molecular complexity index is 1040. The van der Waals surface area contributed by atoms with Crippen LogP contribution in [-0.2, 0) is 19.6 Å². The fourth-order valence-electron chi connectivity index (χ4n) is 4.17. The van der Waals surface area contributed by atoms with Crippen molar-refractivity contribution in [2.75, 3.05) is 14.2 Å². The van der Waals surface area contributed by atoms with Crippen LogP contribution in [0, 0.1) is 0 Å². The van der Waals surface area contributed by atoms with E-state index in [0.29, 0.717) is 13.1 Å². The van der Waals surface area contributed by atoms with Crippen molar-refractivity contribution in [1.29, 1.82) is 0 Å². The van der Waals surface area contributed by atoms with Gasteiger partial charge in [-0.15, -0.1) is 0 Å². The summed E-state index contributed by atoms with van der Waals surface area (Å²) in [6, 6.07) is 16.5. The quantitative estimate of drug-likeness (QED) is 0.381. The lowest BCUT2D eigenvalue weighted by atomic mass is 10.1. The first-order chi connectivity index (χ1) is 16.2. The fraction of sp³-hybridized carbons (Fsp3) is 0.385. The minimum absolute atomic E-state index is 0.270. The zero-order valence-corrected chi connectivity index (χ0v) is 19.5. The Kier molecular flexibility index (Phi) is 7.85. The van der Waals surface area contributed by atoms with E-state index < -0.39 is 0 Å². The van der Waals surface area contributed by atoms with Crippen LogP contribution < -0.4 is 20.1 Å². The molecule has 1 aromatic heterocycles. The lowest BCUT2D eigenvalue weighted by Crippen LogP contribution is -2.36. The molecule has 0 amide bonds. The van der Waals surface area contributed by atoms with Crippen LogP contribution in [0.1, 0.15) is 42.4 Å². The normalized spacial score (nSPS) is 14.3. The number of para-hydroxylation sites is 1. The number of rotatable bonds is 9. The van der Waals surface area contributed by atoms with E-state index in [1.165, 1.54) is 24.0 Å². The highest BCUT2D eigenvalue weighted by molar-refractivity contribution is 5.79. The van der Waals surface area contributed by atoms with Crippen molar-refractivity contribution in [3.05, 3.63) is 77.6 Å². The molecule has 3 aromatic rings. The number of hydrogen-bond acceptors (Lipinski definition) is 4. The van der Waals surface area contributed by atoms with Crippen molar-refractivity contribution in [1.82, 2.24) is 20.4 Å². The molecule has 0 bridgehead atoms. The first-order valence-corrected chi connectivity index (χ1v) is 11.6. The minimum atomic E-state index is 0.270. The van der Waals surface area contributed by atoms with Crippen LogP contribution in [0.2, 0.25) is 0 Å². The van der Waals surface area contributed by atoms with Crippen LogP contribution in [-0.4, -0.2) is 36.0 Å². The molecule has 0 aliphatic heterocycles. The molecule has 0 saturated heterocycles. The van der Waals surface area contributed by atoms with E-state index in [-0.39, 0.29) is 6.10 Å². The van der Waals surface area contributed by atoms with Gasteiger partial charge in [-0.05, 0) is 48.9 Å². The molecular formula is C26H33N5O2. The molecule has 2 aromatic carbocycles. The van der Waals surface area contributed by atoms with E-state index in [9.17, 15) is 0 Å². The number of benzene rings is 2. The molecule has 1 fully saturated rings. The highest BCUT2D eigenvalue weighted by Gasteiger charge is 2.20. The molecule has 7 nitrogen and oxygen atoms in total. The summed E-state index contributed by atoms with van der Waals surface area (Å²) in [4.78, 5) is 4.39. The number of aliphatic imine (C=N–C) groups is 1. The summed E-state index contributed by atoms with van der Waals surface area (Å²) in [6.45, 7) is 2.03. The van der Waals surface area contributed by atoms with E-state index >= 15 is 0 Å². The Hall–Kier alpha value is -3.48. The number of hydrogen-bond donors (Lipinski definition) is 2. The zero-order valence-electron chi connectivity index (χ0n) is 19.5. The zero-order chi connectivity index (χ0) is 22.9. The summed E-state index contributed by atoms with van der Waals surface area (Å²) in [7, 11) is 3.47. The molecule has 1 aliphatic rings. The Morgan fingerprint density at radius 1 is 1.06 bits per heavy atom. The summed E-state index contributed by atoms with van der Waals surface area (Å²) >= 11 is 0. The first kappa shape index (κ1) is 22.7.